The van der Waals surface area contributed by atoms with E-state index < -0.39 is 18.3 Å². The van der Waals surface area contributed by atoms with Gasteiger partial charge in [0.15, 0.2) is 5.82 Å². The van der Waals surface area contributed by atoms with Gasteiger partial charge in [-0.05, 0) is 18.2 Å². The first-order valence-electron chi connectivity index (χ1n) is 5.97. The third-order valence-corrected chi connectivity index (χ3v) is 2.94. The van der Waals surface area contributed by atoms with Crippen LogP contribution in [0.15, 0.2) is 24.3 Å². The van der Waals surface area contributed by atoms with E-state index in [1.165, 1.54) is 13.1 Å². The number of nitrogens with zero attached hydrogens (tertiary/aromatic N) is 2. The van der Waals surface area contributed by atoms with Crippen molar-refractivity contribution in [3.8, 4) is 0 Å². The molecule has 0 fully saturated rings. The molecule has 1 heterocycles. The van der Waals surface area contributed by atoms with Gasteiger partial charge in [-0.25, -0.2) is 18.0 Å². The van der Waals surface area contributed by atoms with Crippen LogP contribution >= 0.6 is 11.6 Å². The summed E-state index contributed by atoms with van der Waals surface area (Å²) < 4.78 is 39.0. The number of rotatable bonds is 4. The van der Waals surface area contributed by atoms with E-state index in [4.69, 9.17) is 11.6 Å². The summed E-state index contributed by atoms with van der Waals surface area (Å²) in [6, 6.07) is 3.85. The van der Waals surface area contributed by atoms with Gasteiger partial charge in [-0.15, -0.1) is 0 Å². The van der Waals surface area contributed by atoms with Crippen LogP contribution in [-0.4, -0.2) is 15.8 Å². The van der Waals surface area contributed by atoms with E-state index in [2.05, 4.69) is 21.3 Å². The molecule has 0 aliphatic rings. The molecule has 1 aromatic carbocycles. The maximum absolute atomic E-state index is 12.9. The predicted molar refractivity (Wildman–Crippen MR) is 75.4 cm³/mol. The number of carbonyl (C=O) groups excluding carboxylic acids is 1. The van der Waals surface area contributed by atoms with Crippen LogP contribution in [0.4, 0.5) is 29.5 Å². The summed E-state index contributed by atoms with van der Waals surface area (Å²) >= 11 is 5.76. The lowest BCUT2D eigenvalue weighted by Crippen LogP contribution is -2.33. The van der Waals surface area contributed by atoms with E-state index in [-0.39, 0.29) is 22.2 Å². The molecular weight excluding hydrogens is 323 g/mol. The van der Waals surface area contributed by atoms with Crippen molar-refractivity contribution in [2.45, 2.75) is 6.43 Å². The lowest BCUT2D eigenvalue weighted by molar-refractivity contribution is 0.141. The Kier molecular flexibility index (Phi) is 4.76. The summed E-state index contributed by atoms with van der Waals surface area (Å²) in [5.74, 6) is -0.560. The molecule has 0 saturated carbocycles. The molecule has 0 aliphatic heterocycles. The summed E-state index contributed by atoms with van der Waals surface area (Å²) in [7, 11) is 1.33. The number of benzene rings is 1. The van der Waals surface area contributed by atoms with Crippen LogP contribution in [0.1, 0.15) is 12.1 Å². The Morgan fingerprint density at radius 3 is 2.68 bits per heavy atom. The normalized spacial score (nSPS) is 10.6. The van der Waals surface area contributed by atoms with Crippen molar-refractivity contribution in [2.75, 3.05) is 10.7 Å². The quantitative estimate of drug-likeness (QED) is 0.752. The fraction of sp³-hybridized carbons (Fsp3) is 0.167. The topological polar surface area (TPSA) is 71.0 Å². The first-order chi connectivity index (χ1) is 10.4. The van der Waals surface area contributed by atoms with Gasteiger partial charge in [-0.3, -0.25) is 20.9 Å². The summed E-state index contributed by atoms with van der Waals surface area (Å²) in [5, 5.41) is 6.05. The Bertz CT molecular complexity index is 691. The maximum atomic E-state index is 12.9. The van der Waals surface area contributed by atoms with Gasteiger partial charge in [0.25, 0.3) is 6.43 Å². The van der Waals surface area contributed by atoms with Crippen molar-refractivity contribution in [1.29, 1.82) is 0 Å². The number of hydrogen-bond donors (Lipinski definition) is 3. The number of urea groups is 1. The van der Waals surface area contributed by atoms with Crippen molar-refractivity contribution in [3.05, 3.63) is 40.8 Å². The molecule has 2 amide bonds. The van der Waals surface area contributed by atoms with Crippen LogP contribution in [0.25, 0.3) is 0 Å². The Morgan fingerprint density at radius 2 is 2.09 bits per heavy atom. The second-order valence-electron chi connectivity index (χ2n) is 4.21. The number of aryl methyl sites for hydroxylation is 1. The lowest BCUT2D eigenvalue weighted by Gasteiger charge is -2.10. The smallest absolute Gasteiger partial charge is 0.296 e. The van der Waals surface area contributed by atoms with Gasteiger partial charge in [0, 0.05) is 13.1 Å². The third-order valence-electron chi connectivity index (χ3n) is 2.62. The number of anilines is 2. The fourth-order valence-corrected chi connectivity index (χ4v) is 1.82. The number of hydrogen-bond acceptors (Lipinski definition) is 3. The fourth-order valence-electron chi connectivity index (χ4n) is 1.61. The molecule has 0 spiro atoms. The lowest BCUT2D eigenvalue weighted by atomic mass is 10.3. The molecule has 1 aromatic heterocycles. The standard InChI is InChI=1S/C12H11ClF3N5O/c1-21-9(11(15)16)5-10(20-21)17-12(22)19-18-8-3-2-6(14)4-7(8)13/h2-5,11,18H,1H3,(H2,17,19,20,22). The van der Waals surface area contributed by atoms with E-state index in [1.807, 2.05) is 0 Å². The van der Waals surface area contributed by atoms with Crippen LogP contribution in [0, 0.1) is 5.82 Å². The first kappa shape index (κ1) is 16.0. The van der Waals surface area contributed by atoms with E-state index in [9.17, 15) is 18.0 Å². The van der Waals surface area contributed by atoms with Gasteiger partial charge in [-0.1, -0.05) is 11.6 Å². The highest BCUT2D eigenvalue weighted by Crippen LogP contribution is 2.22. The van der Waals surface area contributed by atoms with E-state index >= 15 is 0 Å². The van der Waals surface area contributed by atoms with Crippen LogP contribution in [0.3, 0.4) is 0 Å². The van der Waals surface area contributed by atoms with Gasteiger partial charge in [-0.2, -0.15) is 5.10 Å². The van der Waals surface area contributed by atoms with Crippen molar-refractivity contribution in [2.24, 2.45) is 7.05 Å². The first-order valence-corrected chi connectivity index (χ1v) is 6.34. The summed E-state index contributed by atoms with van der Waals surface area (Å²) in [6.07, 6.45) is -2.70. The van der Waals surface area contributed by atoms with E-state index in [0.717, 1.165) is 22.9 Å². The number of alkyl halides is 2. The van der Waals surface area contributed by atoms with Crippen LogP contribution < -0.4 is 16.2 Å². The highest BCUT2D eigenvalue weighted by molar-refractivity contribution is 6.33. The summed E-state index contributed by atoms with van der Waals surface area (Å²) in [4.78, 5) is 11.6. The molecule has 2 rings (SSSR count). The zero-order valence-corrected chi connectivity index (χ0v) is 12.0. The molecule has 0 bridgehead atoms. The third kappa shape index (κ3) is 3.82. The highest BCUT2D eigenvalue weighted by Gasteiger charge is 2.15. The van der Waals surface area contributed by atoms with Crippen molar-refractivity contribution < 1.29 is 18.0 Å². The van der Waals surface area contributed by atoms with Gasteiger partial charge in [0.1, 0.15) is 11.5 Å². The molecule has 3 N–H and O–H groups in total. The second kappa shape index (κ2) is 6.56. The minimum atomic E-state index is -2.70. The van der Waals surface area contributed by atoms with Gasteiger partial charge in [0.05, 0.1) is 10.7 Å². The molecule has 2 aromatic rings. The Hall–Kier alpha value is -2.42. The van der Waals surface area contributed by atoms with Crippen molar-refractivity contribution >= 4 is 29.1 Å². The van der Waals surface area contributed by atoms with Gasteiger partial charge < -0.3 is 0 Å². The molecule has 0 saturated heterocycles. The molecular formula is C12H11ClF3N5O. The van der Waals surface area contributed by atoms with E-state index in [1.54, 1.807) is 0 Å². The minimum Gasteiger partial charge on any atom is -0.296 e. The molecule has 22 heavy (non-hydrogen) atoms. The van der Waals surface area contributed by atoms with Crippen LogP contribution in [-0.2, 0) is 7.05 Å². The predicted octanol–water partition coefficient (Wildman–Crippen LogP) is 3.30. The number of halogens is 4. The molecule has 6 nitrogen and oxygen atoms in total. The Labute approximate surface area is 128 Å². The Balaban J connectivity index is 1.94. The molecule has 0 unspecified atom stereocenters. The largest absolute Gasteiger partial charge is 0.339 e. The minimum absolute atomic E-state index is 0.0395. The van der Waals surface area contributed by atoms with Crippen LogP contribution in [0.2, 0.25) is 5.02 Å². The Morgan fingerprint density at radius 1 is 1.36 bits per heavy atom. The van der Waals surface area contributed by atoms with Crippen LogP contribution in [0.5, 0.6) is 0 Å². The monoisotopic (exact) mass is 333 g/mol. The molecule has 0 atom stereocenters. The van der Waals surface area contributed by atoms with Crippen molar-refractivity contribution in [1.82, 2.24) is 15.2 Å². The SMILES string of the molecule is Cn1nc(NC(=O)NNc2ccc(F)cc2Cl)cc1C(F)F. The second-order valence-corrected chi connectivity index (χ2v) is 4.61. The highest BCUT2D eigenvalue weighted by atomic mass is 35.5. The number of aromatic nitrogens is 2. The zero-order valence-electron chi connectivity index (χ0n) is 11.2. The summed E-state index contributed by atoms with van der Waals surface area (Å²) in [6.45, 7) is 0. The molecule has 0 radical (unpaired) electrons. The van der Waals surface area contributed by atoms with Gasteiger partial charge >= 0.3 is 6.03 Å². The average molecular weight is 334 g/mol. The number of amides is 2. The van der Waals surface area contributed by atoms with Gasteiger partial charge in [0.2, 0.25) is 0 Å². The maximum Gasteiger partial charge on any atom is 0.339 e. The molecule has 0 aliphatic carbocycles. The van der Waals surface area contributed by atoms with Crippen molar-refractivity contribution in [3.63, 3.8) is 0 Å². The number of carbonyl (C=O) groups is 1. The number of hydrazine groups is 1. The number of nitrogens with one attached hydrogen (secondary N) is 3. The average Bonchev–Trinajstić information content (AvgIpc) is 2.78. The molecule has 10 heteroatoms. The summed E-state index contributed by atoms with van der Waals surface area (Å²) in [5.41, 5.74) is 4.62. The molecule has 118 valence electrons. The zero-order chi connectivity index (χ0) is 16.3. The van der Waals surface area contributed by atoms with E-state index in [0.29, 0.717) is 0 Å².